The number of morpholine rings is 1. The van der Waals surface area contributed by atoms with Gasteiger partial charge >= 0.3 is 11.8 Å². The lowest BCUT2D eigenvalue weighted by Crippen LogP contribution is -2.41. The Hall–Kier alpha value is -2.18. The van der Waals surface area contributed by atoms with Crippen molar-refractivity contribution in [1.29, 1.82) is 0 Å². The van der Waals surface area contributed by atoms with Gasteiger partial charge in [-0.15, -0.1) is 6.58 Å². The van der Waals surface area contributed by atoms with E-state index in [-0.39, 0.29) is 6.10 Å². The van der Waals surface area contributed by atoms with Crippen molar-refractivity contribution in [3.05, 3.63) is 48.6 Å². The summed E-state index contributed by atoms with van der Waals surface area (Å²) < 4.78 is 5.86. The van der Waals surface area contributed by atoms with E-state index in [4.69, 9.17) is 4.74 Å². The molecule has 1 unspecified atom stereocenters. The third-order valence-electron chi connectivity index (χ3n) is 4.12. The summed E-state index contributed by atoms with van der Waals surface area (Å²) in [6.07, 6.45) is 3.48. The predicted molar refractivity (Wildman–Crippen MR) is 97.0 cm³/mol. The Morgan fingerprint density at radius 1 is 1.20 bits per heavy atom. The molecular weight excluding hydrogens is 318 g/mol. The molecular formula is C19H27N3O3. The minimum absolute atomic E-state index is 0.128. The number of unbranched alkanes of at least 4 members (excludes halogenated alkanes) is 1. The van der Waals surface area contributed by atoms with Gasteiger partial charge in [0.15, 0.2) is 0 Å². The number of nitrogens with zero attached hydrogens (tertiary/aromatic N) is 1. The molecule has 1 atom stereocenters. The summed E-state index contributed by atoms with van der Waals surface area (Å²) in [6.45, 7) is 7.81. The predicted octanol–water partition coefficient (Wildman–Crippen LogP) is 1.26. The molecule has 1 aliphatic heterocycles. The van der Waals surface area contributed by atoms with Crippen LogP contribution in [0.4, 0.5) is 0 Å². The number of carbonyl (C=O) groups is 2. The summed E-state index contributed by atoms with van der Waals surface area (Å²) >= 11 is 0. The van der Waals surface area contributed by atoms with Crippen molar-refractivity contribution >= 4 is 11.8 Å². The molecule has 0 spiro atoms. The fraction of sp³-hybridized carbons (Fsp3) is 0.474. The second-order valence-corrected chi connectivity index (χ2v) is 6.03. The maximum Gasteiger partial charge on any atom is 0.309 e. The molecule has 6 heteroatoms. The van der Waals surface area contributed by atoms with Crippen molar-refractivity contribution in [1.82, 2.24) is 15.5 Å². The second-order valence-electron chi connectivity index (χ2n) is 6.03. The highest BCUT2D eigenvalue weighted by atomic mass is 16.5. The Balaban J connectivity index is 1.61. The van der Waals surface area contributed by atoms with Gasteiger partial charge in [0.2, 0.25) is 0 Å². The van der Waals surface area contributed by atoms with Crippen molar-refractivity contribution < 1.29 is 14.3 Å². The molecule has 1 fully saturated rings. The van der Waals surface area contributed by atoms with Crippen LogP contribution in [0.5, 0.6) is 0 Å². The van der Waals surface area contributed by atoms with Gasteiger partial charge in [-0.1, -0.05) is 36.4 Å². The van der Waals surface area contributed by atoms with E-state index in [1.165, 1.54) is 11.6 Å². The molecule has 0 saturated carbocycles. The SMILES string of the molecule is C=CCNC(=O)C(=O)NCCCCN1CCOC(c2ccccc2)C1. The Morgan fingerprint density at radius 3 is 2.72 bits per heavy atom. The van der Waals surface area contributed by atoms with E-state index in [0.717, 1.165) is 39.1 Å². The zero-order valence-electron chi connectivity index (χ0n) is 14.6. The summed E-state index contributed by atoms with van der Waals surface area (Å²) in [6, 6.07) is 10.3. The van der Waals surface area contributed by atoms with Gasteiger partial charge in [0, 0.05) is 26.2 Å². The lowest BCUT2D eigenvalue weighted by Gasteiger charge is -2.33. The van der Waals surface area contributed by atoms with Crippen LogP contribution in [0.1, 0.15) is 24.5 Å². The maximum atomic E-state index is 11.5. The number of ether oxygens (including phenoxy) is 1. The average Bonchev–Trinajstić information content (AvgIpc) is 2.66. The summed E-state index contributed by atoms with van der Waals surface area (Å²) in [4.78, 5) is 25.3. The molecule has 1 saturated heterocycles. The van der Waals surface area contributed by atoms with Gasteiger partial charge in [0.1, 0.15) is 0 Å². The minimum atomic E-state index is -0.612. The van der Waals surface area contributed by atoms with Gasteiger partial charge in [-0.2, -0.15) is 0 Å². The largest absolute Gasteiger partial charge is 0.371 e. The third-order valence-corrected chi connectivity index (χ3v) is 4.12. The van der Waals surface area contributed by atoms with Gasteiger partial charge in [-0.05, 0) is 24.9 Å². The van der Waals surface area contributed by atoms with Crippen LogP contribution in [-0.4, -0.2) is 56.0 Å². The molecule has 6 nitrogen and oxygen atoms in total. The topological polar surface area (TPSA) is 70.7 Å². The molecule has 0 bridgehead atoms. The highest BCUT2D eigenvalue weighted by molar-refractivity contribution is 6.35. The maximum absolute atomic E-state index is 11.5. The Kier molecular flexibility index (Phi) is 8.15. The molecule has 136 valence electrons. The van der Waals surface area contributed by atoms with Gasteiger partial charge in [0.25, 0.3) is 0 Å². The monoisotopic (exact) mass is 345 g/mol. The molecule has 1 heterocycles. The Labute approximate surface area is 149 Å². The van der Waals surface area contributed by atoms with E-state index in [9.17, 15) is 9.59 Å². The molecule has 25 heavy (non-hydrogen) atoms. The average molecular weight is 345 g/mol. The van der Waals surface area contributed by atoms with Crippen LogP contribution in [0.3, 0.4) is 0 Å². The highest BCUT2D eigenvalue weighted by Crippen LogP contribution is 2.21. The van der Waals surface area contributed by atoms with E-state index in [2.05, 4.69) is 34.2 Å². The fourth-order valence-corrected chi connectivity index (χ4v) is 2.76. The van der Waals surface area contributed by atoms with Gasteiger partial charge in [0.05, 0.1) is 12.7 Å². The normalized spacial score (nSPS) is 17.7. The Bertz CT molecular complexity index is 562. The van der Waals surface area contributed by atoms with E-state index in [0.29, 0.717) is 13.1 Å². The molecule has 1 aliphatic rings. The summed E-state index contributed by atoms with van der Waals surface area (Å²) in [5.74, 6) is -1.20. The number of carbonyl (C=O) groups excluding carboxylic acids is 2. The van der Waals surface area contributed by atoms with Gasteiger partial charge < -0.3 is 15.4 Å². The number of amides is 2. The van der Waals surface area contributed by atoms with E-state index in [1.54, 1.807) is 0 Å². The number of nitrogens with one attached hydrogen (secondary N) is 2. The molecule has 0 aromatic heterocycles. The Morgan fingerprint density at radius 2 is 1.96 bits per heavy atom. The molecule has 2 amide bonds. The van der Waals surface area contributed by atoms with E-state index in [1.807, 2.05) is 18.2 Å². The van der Waals surface area contributed by atoms with Crippen LogP contribution in [0.2, 0.25) is 0 Å². The first-order chi connectivity index (χ1) is 12.2. The molecule has 2 rings (SSSR count). The second kappa shape index (κ2) is 10.6. The molecule has 1 aromatic rings. The first-order valence-electron chi connectivity index (χ1n) is 8.76. The van der Waals surface area contributed by atoms with Crippen LogP contribution >= 0.6 is 0 Å². The highest BCUT2D eigenvalue weighted by Gasteiger charge is 2.21. The number of rotatable bonds is 8. The zero-order chi connectivity index (χ0) is 17.9. The minimum Gasteiger partial charge on any atom is -0.371 e. The quantitative estimate of drug-likeness (QED) is 0.423. The van der Waals surface area contributed by atoms with Gasteiger partial charge in [-0.25, -0.2) is 0 Å². The van der Waals surface area contributed by atoms with Crippen molar-refractivity contribution in [2.75, 3.05) is 39.3 Å². The fourth-order valence-electron chi connectivity index (χ4n) is 2.76. The first-order valence-corrected chi connectivity index (χ1v) is 8.76. The summed E-state index contributed by atoms with van der Waals surface area (Å²) in [5, 5.41) is 5.09. The third kappa shape index (κ3) is 6.68. The number of benzene rings is 1. The smallest absolute Gasteiger partial charge is 0.309 e. The molecule has 1 aromatic carbocycles. The van der Waals surface area contributed by atoms with Gasteiger partial charge in [-0.3, -0.25) is 14.5 Å². The summed E-state index contributed by atoms with van der Waals surface area (Å²) in [7, 11) is 0. The van der Waals surface area contributed by atoms with Crippen molar-refractivity contribution in [3.8, 4) is 0 Å². The first kappa shape index (κ1) is 19.1. The van der Waals surface area contributed by atoms with Crippen LogP contribution in [0, 0.1) is 0 Å². The molecule has 0 radical (unpaired) electrons. The van der Waals surface area contributed by atoms with Crippen molar-refractivity contribution in [2.24, 2.45) is 0 Å². The lowest BCUT2D eigenvalue weighted by atomic mass is 10.1. The van der Waals surface area contributed by atoms with Crippen LogP contribution in [0.25, 0.3) is 0 Å². The van der Waals surface area contributed by atoms with Crippen molar-refractivity contribution in [3.63, 3.8) is 0 Å². The van der Waals surface area contributed by atoms with Crippen LogP contribution in [0.15, 0.2) is 43.0 Å². The summed E-state index contributed by atoms with van der Waals surface area (Å²) in [5.41, 5.74) is 1.21. The van der Waals surface area contributed by atoms with E-state index >= 15 is 0 Å². The zero-order valence-corrected chi connectivity index (χ0v) is 14.6. The number of hydrogen-bond donors (Lipinski definition) is 2. The van der Waals surface area contributed by atoms with Crippen LogP contribution in [-0.2, 0) is 14.3 Å². The van der Waals surface area contributed by atoms with Crippen LogP contribution < -0.4 is 10.6 Å². The lowest BCUT2D eigenvalue weighted by molar-refractivity contribution is -0.139. The number of hydrogen-bond acceptors (Lipinski definition) is 4. The van der Waals surface area contributed by atoms with Crippen molar-refractivity contribution in [2.45, 2.75) is 18.9 Å². The molecule has 0 aliphatic carbocycles. The van der Waals surface area contributed by atoms with E-state index < -0.39 is 11.8 Å². The molecule has 2 N–H and O–H groups in total. The standard InChI is InChI=1S/C19H27N3O3/c1-2-10-20-18(23)19(24)21-11-6-7-12-22-13-14-25-17(15-22)16-8-4-3-5-9-16/h2-5,8-9,17H,1,6-7,10-15H2,(H,20,23)(H,21,24).